The molecule has 0 fully saturated rings. The van der Waals surface area contributed by atoms with Gasteiger partial charge in [0.25, 0.3) is 0 Å². The number of rotatable bonds is 1. The number of benzene rings is 2. The van der Waals surface area contributed by atoms with Crippen LogP contribution in [0, 0.1) is 0 Å². The summed E-state index contributed by atoms with van der Waals surface area (Å²) in [6.07, 6.45) is -3.39. The summed E-state index contributed by atoms with van der Waals surface area (Å²) < 4.78 is 39.5. The second kappa shape index (κ2) is 5.88. The van der Waals surface area contributed by atoms with Crippen LogP contribution >= 0.6 is 15.9 Å². The minimum Gasteiger partial charge on any atom is -0.357 e. The molecule has 0 saturated carbocycles. The van der Waals surface area contributed by atoms with E-state index in [1.807, 2.05) is 19.2 Å². The number of fused-ring (bicyclic) bond motifs is 3. The highest BCUT2D eigenvalue weighted by Gasteiger charge is 2.32. The number of hydrogen-bond acceptors (Lipinski definition) is 1. The smallest absolute Gasteiger partial charge is 0.357 e. The standard InChI is InChI=1S/C19H16BrF3N2/c1-25-9-8-14-15-10-13(20)6-7-16(15)24-17(14)18(25)11-2-4-12(5-3-11)19(21,22)23/h2-7,10,18,24H,8-9H2,1H3. The average Bonchev–Trinajstić information content (AvgIpc) is 2.91. The first-order valence-corrected chi connectivity index (χ1v) is 8.81. The summed E-state index contributed by atoms with van der Waals surface area (Å²) in [7, 11) is 2.01. The van der Waals surface area contributed by atoms with Crippen molar-refractivity contribution in [3.63, 3.8) is 0 Å². The topological polar surface area (TPSA) is 19.0 Å². The minimum atomic E-state index is -4.31. The Morgan fingerprint density at radius 3 is 2.52 bits per heavy atom. The number of alkyl halides is 3. The molecule has 1 N–H and O–H groups in total. The third-order valence-corrected chi connectivity index (χ3v) is 5.38. The van der Waals surface area contributed by atoms with E-state index in [1.54, 1.807) is 12.1 Å². The molecule has 2 aromatic carbocycles. The maximum atomic E-state index is 12.8. The summed E-state index contributed by atoms with van der Waals surface area (Å²) in [6, 6.07) is 11.5. The summed E-state index contributed by atoms with van der Waals surface area (Å²) in [4.78, 5) is 5.66. The van der Waals surface area contributed by atoms with Crippen molar-refractivity contribution in [1.29, 1.82) is 0 Å². The van der Waals surface area contributed by atoms with Crippen molar-refractivity contribution in [3.8, 4) is 0 Å². The van der Waals surface area contributed by atoms with E-state index in [0.717, 1.165) is 46.3 Å². The predicted molar refractivity (Wildman–Crippen MR) is 95.6 cm³/mol. The van der Waals surface area contributed by atoms with Crippen LogP contribution in [0.4, 0.5) is 13.2 Å². The van der Waals surface area contributed by atoms with Crippen LogP contribution in [-0.2, 0) is 12.6 Å². The first-order chi connectivity index (χ1) is 11.8. The molecule has 0 amide bonds. The molecule has 0 aliphatic carbocycles. The molecule has 3 aromatic rings. The molecule has 0 saturated heterocycles. The normalized spacial score (nSPS) is 18.5. The van der Waals surface area contributed by atoms with Gasteiger partial charge in [-0.3, -0.25) is 4.90 Å². The molecule has 1 aliphatic rings. The van der Waals surface area contributed by atoms with Gasteiger partial charge in [0.15, 0.2) is 0 Å². The minimum absolute atomic E-state index is 0.0720. The summed E-state index contributed by atoms with van der Waals surface area (Å²) in [5.74, 6) is 0. The highest BCUT2D eigenvalue weighted by Crippen LogP contribution is 2.39. The van der Waals surface area contributed by atoms with Gasteiger partial charge in [-0.2, -0.15) is 13.2 Å². The van der Waals surface area contributed by atoms with Crippen molar-refractivity contribution in [1.82, 2.24) is 9.88 Å². The Labute approximate surface area is 151 Å². The number of H-pyrrole nitrogens is 1. The molecule has 1 aromatic heterocycles. The van der Waals surface area contributed by atoms with Gasteiger partial charge in [0.1, 0.15) is 0 Å². The molecule has 0 bridgehead atoms. The molecule has 1 unspecified atom stereocenters. The van der Waals surface area contributed by atoms with Crippen molar-refractivity contribution in [2.24, 2.45) is 0 Å². The lowest BCUT2D eigenvalue weighted by molar-refractivity contribution is -0.137. The van der Waals surface area contributed by atoms with Gasteiger partial charge < -0.3 is 4.98 Å². The number of aromatic nitrogens is 1. The fourth-order valence-electron chi connectivity index (χ4n) is 3.66. The molecule has 1 atom stereocenters. The summed E-state index contributed by atoms with van der Waals surface area (Å²) >= 11 is 3.51. The predicted octanol–water partition coefficient (Wildman–Crippen LogP) is 5.53. The van der Waals surface area contributed by atoms with Gasteiger partial charge in [0, 0.05) is 27.6 Å². The fourth-order valence-corrected chi connectivity index (χ4v) is 4.02. The Balaban J connectivity index is 1.82. The van der Waals surface area contributed by atoms with Crippen LogP contribution in [0.3, 0.4) is 0 Å². The van der Waals surface area contributed by atoms with Crippen molar-refractivity contribution < 1.29 is 13.2 Å². The van der Waals surface area contributed by atoms with E-state index in [0.29, 0.717) is 0 Å². The SMILES string of the molecule is CN1CCc2c([nH]c3ccc(Br)cc23)C1c1ccc(C(F)(F)F)cc1. The van der Waals surface area contributed by atoms with E-state index >= 15 is 0 Å². The molecule has 0 radical (unpaired) electrons. The Morgan fingerprint density at radius 2 is 1.84 bits per heavy atom. The lowest BCUT2D eigenvalue weighted by Gasteiger charge is -2.33. The van der Waals surface area contributed by atoms with E-state index in [9.17, 15) is 13.2 Å². The largest absolute Gasteiger partial charge is 0.416 e. The van der Waals surface area contributed by atoms with Crippen LogP contribution in [-0.4, -0.2) is 23.5 Å². The highest BCUT2D eigenvalue weighted by molar-refractivity contribution is 9.10. The molecule has 2 nitrogen and oxygen atoms in total. The monoisotopic (exact) mass is 408 g/mol. The van der Waals surface area contributed by atoms with E-state index in [4.69, 9.17) is 0 Å². The average molecular weight is 409 g/mol. The van der Waals surface area contributed by atoms with Gasteiger partial charge in [-0.1, -0.05) is 28.1 Å². The lowest BCUT2D eigenvalue weighted by Crippen LogP contribution is -2.32. The molecular formula is C19H16BrF3N2. The number of halogens is 4. The van der Waals surface area contributed by atoms with E-state index in [-0.39, 0.29) is 6.04 Å². The molecule has 4 rings (SSSR count). The molecule has 1 aliphatic heterocycles. The quantitative estimate of drug-likeness (QED) is 0.560. The summed E-state index contributed by atoms with van der Waals surface area (Å²) in [5, 5.41) is 1.18. The van der Waals surface area contributed by atoms with Crippen LogP contribution in [0.15, 0.2) is 46.9 Å². The van der Waals surface area contributed by atoms with Gasteiger partial charge in [-0.15, -0.1) is 0 Å². The molecule has 6 heteroatoms. The Bertz CT molecular complexity index is 928. The van der Waals surface area contributed by atoms with E-state index < -0.39 is 11.7 Å². The van der Waals surface area contributed by atoms with Gasteiger partial charge in [-0.05, 0) is 54.9 Å². The number of aromatic amines is 1. The van der Waals surface area contributed by atoms with Crippen molar-refractivity contribution in [2.75, 3.05) is 13.6 Å². The van der Waals surface area contributed by atoms with Crippen molar-refractivity contribution in [3.05, 3.63) is 69.3 Å². The van der Waals surface area contributed by atoms with Crippen molar-refractivity contribution >= 4 is 26.8 Å². The third kappa shape index (κ3) is 2.87. The second-order valence-electron chi connectivity index (χ2n) is 6.46. The maximum Gasteiger partial charge on any atom is 0.416 e. The van der Waals surface area contributed by atoms with Crippen molar-refractivity contribution in [2.45, 2.75) is 18.6 Å². The highest BCUT2D eigenvalue weighted by atomic mass is 79.9. The Morgan fingerprint density at radius 1 is 1.12 bits per heavy atom. The van der Waals surface area contributed by atoms with E-state index in [2.05, 4.69) is 31.9 Å². The number of likely N-dealkylation sites (N-methyl/N-ethyl adjacent to an activating group) is 1. The first-order valence-electron chi connectivity index (χ1n) is 8.02. The van der Waals surface area contributed by atoms with Crippen LogP contribution < -0.4 is 0 Å². The summed E-state index contributed by atoms with van der Waals surface area (Å²) in [6.45, 7) is 0.859. The Hall–Kier alpha value is -1.79. The third-order valence-electron chi connectivity index (χ3n) is 4.88. The summed E-state index contributed by atoms with van der Waals surface area (Å²) in [5.41, 5.74) is 3.62. The molecular weight excluding hydrogens is 393 g/mol. The number of nitrogens with zero attached hydrogens (tertiary/aromatic N) is 1. The zero-order valence-electron chi connectivity index (χ0n) is 13.5. The van der Waals surface area contributed by atoms with Gasteiger partial charge in [0.2, 0.25) is 0 Å². The van der Waals surface area contributed by atoms with E-state index in [1.165, 1.54) is 10.9 Å². The zero-order chi connectivity index (χ0) is 17.8. The van der Waals surface area contributed by atoms with Crippen LogP contribution in [0.25, 0.3) is 10.9 Å². The molecule has 2 heterocycles. The lowest BCUT2D eigenvalue weighted by atomic mass is 9.92. The van der Waals surface area contributed by atoms with Crippen LogP contribution in [0.2, 0.25) is 0 Å². The second-order valence-corrected chi connectivity index (χ2v) is 7.38. The Kier molecular flexibility index (Phi) is 3.92. The molecule has 130 valence electrons. The van der Waals surface area contributed by atoms with Gasteiger partial charge in [-0.25, -0.2) is 0 Å². The van der Waals surface area contributed by atoms with Crippen LogP contribution in [0.5, 0.6) is 0 Å². The van der Waals surface area contributed by atoms with Crippen LogP contribution in [0.1, 0.15) is 28.4 Å². The molecule has 25 heavy (non-hydrogen) atoms. The number of nitrogens with one attached hydrogen (secondary N) is 1. The number of hydrogen-bond donors (Lipinski definition) is 1. The molecule has 0 spiro atoms. The van der Waals surface area contributed by atoms with Gasteiger partial charge in [0.05, 0.1) is 11.6 Å². The van der Waals surface area contributed by atoms with Gasteiger partial charge >= 0.3 is 6.18 Å². The first kappa shape index (κ1) is 16.7. The zero-order valence-corrected chi connectivity index (χ0v) is 15.1. The fraction of sp³-hybridized carbons (Fsp3) is 0.263. The maximum absolute atomic E-state index is 12.8.